The van der Waals surface area contributed by atoms with Gasteiger partial charge in [0.25, 0.3) is 0 Å². The lowest BCUT2D eigenvalue weighted by Gasteiger charge is -2.25. The fourth-order valence-electron chi connectivity index (χ4n) is 2.74. The molecule has 0 radical (unpaired) electrons. The van der Waals surface area contributed by atoms with E-state index >= 15 is 0 Å². The molecule has 0 spiro atoms. The van der Waals surface area contributed by atoms with Crippen LogP contribution in [0.1, 0.15) is 34.8 Å². The lowest BCUT2D eigenvalue weighted by molar-refractivity contribution is -0.121. The molecule has 2 rings (SSSR count). The second kappa shape index (κ2) is 9.73. The van der Waals surface area contributed by atoms with Crippen molar-refractivity contribution in [1.29, 1.82) is 0 Å². The summed E-state index contributed by atoms with van der Waals surface area (Å²) < 4.78 is 5.12. The quantitative estimate of drug-likeness (QED) is 0.703. The summed E-state index contributed by atoms with van der Waals surface area (Å²) in [4.78, 5) is 26.5. The molecule has 0 aromatic heterocycles. The van der Waals surface area contributed by atoms with E-state index in [0.29, 0.717) is 17.9 Å². The first kappa shape index (κ1) is 19.7. The largest absolute Gasteiger partial charge is 0.497 e. The number of Topliss-reactive ketones (excluding diaryl/α,β-unsaturated/α-hetero) is 1. The first-order valence-electron chi connectivity index (χ1n) is 8.66. The Balaban J connectivity index is 1.85. The van der Waals surface area contributed by atoms with Crippen LogP contribution < -0.4 is 10.1 Å². The van der Waals surface area contributed by atoms with E-state index < -0.39 is 0 Å². The number of hydrogen-bond donors (Lipinski definition) is 1. The van der Waals surface area contributed by atoms with Crippen molar-refractivity contribution in [2.45, 2.75) is 18.9 Å². The Morgan fingerprint density at radius 1 is 1.04 bits per heavy atom. The van der Waals surface area contributed by atoms with Crippen molar-refractivity contribution >= 4 is 11.7 Å². The maximum atomic E-state index is 12.2. The van der Waals surface area contributed by atoms with Crippen molar-refractivity contribution in [2.24, 2.45) is 0 Å². The number of ketones is 1. The van der Waals surface area contributed by atoms with Crippen LogP contribution in [0.3, 0.4) is 0 Å². The summed E-state index contributed by atoms with van der Waals surface area (Å²) in [6, 6.07) is 17.1. The summed E-state index contributed by atoms with van der Waals surface area (Å²) in [5, 5.41) is 2.93. The average Bonchev–Trinajstić information content (AvgIpc) is 2.66. The molecule has 1 atom stereocenters. The molecule has 0 aliphatic heterocycles. The van der Waals surface area contributed by atoms with Gasteiger partial charge in [-0.2, -0.15) is 0 Å². The maximum absolute atomic E-state index is 12.2. The molecule has 1 unspecified atom stereocenters. The first-order valence-corrected chi connectivity index (χ1v) is 8.66. The van der Waals surface area contributed by atoms with Crippen molar-refractivity contribution in [2.75, 3.05) is 27.7 Å². The van der Waals surface area contributed by atoms with Crippen LogP contribution in [-0.2, 0) is 4.79 Å². The Kier molecular flexibility index (Phi) is 7.36. The molecular formula is C21H26N2O3. The topological polar surface area (TPSA) is 58.6 Å². The van der Waals surface area contributed by atoms with Gasteiger partial charge in [-0.15, -0.1) is 0 Å². The zero-order chi connectivity index (χ0) is 18.9. The predicted octanol–water partition coefficient (Wildman–Crippen LogP) is 3.08. The summed E-state index contributed by atoms with van der Waals surface area (Å²) >= 11 is 0. The van der Waals surface area contributed by atoms with Gasteiger partial charge in [-0.1, -0.05) is 42.5 Å². The normalized spacial score (nSPS) is 11.8. The Morgan fingerprint density at radius 3 is 2.42 bits per heavy atom. The van der Waals surface area contributed by atoms with Gasteiger partial charge in [0.2, 0.25) is 5.91 Å². The van der Waals surface area contributed by atoms with E-state index in [1.165, 1.54) is 0 Å². The van der Waals surface area contributed by atoms with Gasteiger partial charge in [0.15, 0.2) is 5.78 Å². The van der Waals surface area contributed by atoms with Crippen LogP contribution in [0.25, 0.3) is 0 Å². The van der Waals surface area contributed by atoms with Gasteiger partial charge in [-0.05, 0) is 31.8 Å². The highest BCUT2D eigenvalue weighted by Gasteiger charge is 2.16. The molecule has 0 bridgehead atoms. The molecule has 138 valence electrons. The molecule has 0 fully saturated rings. The summed E-state index contributed by atoms with van der Waals surface area (Å²) in [6.45, 7) is 0.503. The molecule has 5 heteroatoms. The number of benzene rings is 2. The molecule has 1 N–H and O–H groups in total. The fourth-order valence-corrected chi connectivity index (χ4v) is 2.74. The summed E-state index contributed by atoms with van der Waals surface area (Å²) in [5.41, 5.74) is 1.71. The third kappa shape index (κ3) is 5.70. The number of carbonyl (C=O) groups is 2. The van der Waals surface area contributed by atoms with E-state index in [-0.39, 0.29) is 30.6 Å². The van der Waals surface area contributed by atoms with Crippen molar-refractivity contribution < 1.29 is 14.3 Å². The van der Waals surface area contributed by atoms with Crippen LogP contribution in [0.15, 0.2) is 54.6 Å². The van der Waals surface area contributed by atoms with Crippen molar-refractivity contribution in [3.05, 3.63) is 65.7 Å². The van der Waals surface area contributed by atoms with Gasteiger partial charge in [0.1, 0.15) is 5.75 Å². The molecule has 2 aromatic rings. The van der Waals surface area contributed by atoms with Crippen LogP contribution in [0.4, 0.5) is 0 Å². The maximum Gasteiger partial charge on any atom is 0.220 e. The predicted molar refractivity (Wildman–Crippen MR) is 102 cm³/mol. The Bertz CT molecular complexity index is 729. The van der Waals surface area contributed by atoms with Gasteiger partial charge in [0, 0.05) is 24.9 Å². The van der Waals surface area contributed by atoms with Crippen LogP contribution in [0.5, 0.6) is 5.75 Å². The smallest absolute Gasteiger partial charge is 0.220 e. The molecule has 0 aliphatic rings. The number of rotatable bonds is 9. The standard InChI is InChI=1S/C21H26N2O3/c1-23(2)19(16-8-5-4-6-9-16)15-22-21(25)13-12-20(24)17-10-7-11-18(14-17)26-3/h4-11,14,19H,12-13,15H2,1-3H3,(H,22,25). The van der Waals surface area contributed by atoms with Crippen molar-refractivity contribution in [3.63, 3.8) is 0 Å². The number of hydrogen-bond acceptors (Lipinski definition) is 4. The van der Waals surface area contributed by atoms with Gasteiger partial charge in [-0.25, -0.2) is 0 Å². The first-order chi connectivity index (χ1) is 12.5. The van der Waals surface area contributed by atoms with E-state index in [1.54, 1.807) is 31.4 Å². The molecule has 0 saturated heterocycles. The second-order valence-corrected chi connectivity index (χ2v) is 6.35. The zero-order valence-electron chi connectivity index (χ0n) is 15.6. The number of ether oxygens (including phenoxy) is 1. The number of likely N-dealkylation sites (N-methyl/N-ethyl adjacent to an activating group) is 1. The van der Waals surface area contributed by atoms with Crippen LogP contribution >= 0.6 is 0 Å². The highest BCUT2D eigenvalue weighted by atomic mass is 16.5. The molecular weight excluding hydrogens is 328 g/mol. The highest BCUT2D eigenvalue weighted by molar-refractivity contribution is 5.98. The number of methoxy groups -OCH3 is 1. The van der Waals surface area contributed by atoms with E-state index in [1.807, 2.05) is 44.4 Å². The summed E-state index contributed by atoms with van der Waals surface area (Å²) in [7, 11) is 5.53. The number of carbonyl (C=O) groups excluding carboxylic acids is 2. The van der Waals surface area contributed by atoms with E-state index in [0.717, 1.165) is 5.56 Å². The summed E-state index contributed by atoms with van der Waals surface area (Å²) in [6.07, 6.45) is 0.349. The summed E-state index contributed by atoms with van der Waals surface area (Å²) in [5.74, 6) is 0.451. The SMILES string of the molecule is COc1cccc(C(=O)CCC(=O)NCC(c2ccccc2)N(C)C)c1. The third-order valence-corrected chi connectivity index (χ3v) is 4.27. The Morgan fingerprint density at radius 2 is 1.77 bits per heavy atom. The zero-order valence-corrected chi connectivity index (χ0v) is 15.6. The van der Waals surface area contributed by atoms with E-state index in [2.05, 4.69) is 10.2 Å². The monoisotopic (exact) mass is 354 g/mol. The lowest BCUT2D eigenvalue weighted by atomic mass is 10.0. The molecule has 1 amide bonds. The van der Waals surface area contributed by atoms with Gasteiger partial charge in [0.05, 0.1) is 13.2 Å². The number of nitrogens with one attached hydrogen (secondary N) is 1. The number of nitrogens with zero attached hydrogens (tertiary/aromatic N) is 1. The average molecular weight is 354 g/mol. The molecule has 5 nitrogen and oxygen atoms in total. The second-order valence-electron chi connectivity index (χ2n) is 6.35. The third-order valence-electron chi connectivity index (χ3n) is 4.27. The van der Waals surface area contributed by atoms with Gasteiger partial charge in [-0.3, -0.25) is 9.59 Å². The molecule has 0 heterocycles. The molecule has 26 heavy (non-hydrogen) atoms. The Hall–Kier alpha value is -2.66. The van der Waals surface area contributed by atoms with Crippen LogP contribution in [-0.4, -0.2) is 44.3 Å². The minimum absolute atomic E-state index is 0.0636. The highest BCUT2D eigenvalue weighted by Crippen LogP contribution is 2.17. The lowest BCUT2D eigenvalue weighted by Crippen LogP contribution is -2.34. The van der Waals surface area contributed by atoms with Gasteiger partial charge < -0.3 is 15.0 Å². The minimum atomic E-state index is -0.121. The van der Waals surface area contributed by atoms with E-state index in [9.17, 15) is 9.59 Å². The van der Waals surface area contributed by atoms with E-state index in [4.69, 9.17) is 4.74 Å². The van der Waals surface area contributed by atoms with Crippen molar-refractivity contribution in [3.8, 4) is 5.75 Å². The van der Waals surface area contributed by atoms with Gasteiger partial charge >= 0.3 is 0 Å². The van der Waals surface area contributed by atoms with Crippen LogP contribution in [0, 0.1) is 0 Å². The van der Waals surface area contributed by atoms with Crippen LogP contribution in [0.2, 0.25) is 0 Å². The molecule has 0 aliphatic carbocycles. The molecule has 0 saturated carbocycles. The Labute approximate surface area is 155 Å². The number of amides is 1. The minimum Gasteiger partial charge on any atom is -0.497 e. The molecule has 2 aromatic carbocycles. The fraction of sp³-hybridized carbons (Fsp3) is 0.333. The van der Waals surface area contributed by atoms with Crippen molar-refractivity contribution in [1.82, 2.24) is 10.2 Å².